The zero-order valence-electron chi connectivity index (χ0n) is 16.0. The summed E-state index contributed by atoms with van der Waals surface area (Å²) in [6.45, 7) is 0. The molecule has 148 valence electrons. The molecule has 6 rings (SSSR count). The van der Waals surface area contributed by atoms with Crippen molar-refractivity contribution >= 4 is 22.1 Å². The molecule has 0 saturated heterocycles. The molecular weight excluding hydrogens is 393 g/mol. The average Bonchev–Trinajstić information content (AvgIpc) is 3.43. The maximum atomic E-state index is 14.4. The Hall–Kier alpha value is -4.46. The summed E-state index contributed by atoms with van der Waals surface area (Å²) in [5.41, 5.74) is 5.45. The third-order valence-corrected chi connectivity index (χ3v) is 5.18. The van der Waals surface area contributed by atoms with Gasteiger partial charge in [0.05, 0.1) is 10.9 Å². The molecule has 0 spiro atoms. The molecule has 0 aliphatic rings. The highest BCUT2D eigenvalue weighted by Crippen LogP contribution is 2.32. The Morgan fingerprint density at radius 1 is 0.839 bits per heavy atom. The van der Waals surface area contributed by atoms with Crippen LogP contribution in [0.2, 0.25) is 0 Å². The smallest absolute Gasteiger partial charge is 0.159 e. The van der Waals surface area contributed by atoms with E-state index < -0.39 is 0 Å². The van der Waals surface area contributed by atoms with Gasteiger partial charge in [0, 0.05) is 35.9 Å². The quantitative estimate of drug-likeness (QED) is 0.441. The summed E-state index contributed by atoms with van der Waals surface area (Å²) in [6.07, 6.45) is 6.91. The molecule has 1 aromatic carbocycles. The number of nitrogens with one attached hydrogen (secondary N) is 2. The zero-order chi connectivity index (χ0) is 20.8. The van der Waals surface area contributed by atoms with Crippen molar-refractivity contribution in [2.75, 3.05) is 0 Å². The molecule has 5 heterocycles. The zero-order valence-corrected chi connectivity index (χ0v) is 16.0. The third kappa shape index (κ3) is 2.84. The van der Waals surface area contributed by atoms with Crippen LogP contribution in [0.3, 0.4) is 0 Å². The SMILES string of the molecule is Fc1ccccc1-c1nccc2[nH]c(-c3n[nH]c4ncc(-c5ccncc5)cc34)nc12. The lowest BCUT2D eigenvalue weighted by Crippen LogP contribution is -1.89. The predicted octanol–water partition coefficient (Wildman–Crippen LogP) is 4.76. The summed E-state index contributed by atoms with van der Waals surface area (Å²) in [4.78, 5) is 20.9. The van der Waals surface area contributed by atoms with Gasteiger partial charge in [0.25, 0.3) is 0 Å². The molecule has 8 heteroatoms. The van der Waals surface area contributed by atoms with E-state index in [2.05, 4.69) is 30.1 Å². The van der Waals surface area contributed by atoms with E-state index in [1.54, 1.807) is 43.0 Å². The van der Waals surface area contributed by atoms with E-state index in [1.807, 2.05) is 24.3 Å². The van der Waals surface area contributed by atoms with E-state index in [0.717, 1.165) is 22.0 Å². The predicted molar refractivity (Wildman–Crippen MR) is 115 cm³/mol. The van der Waals surface area contributed by atoms with Crippen LogP contribution in [0, 0.1) is 5.82 Å². The number of halogens is 1. The molecule has 2 N–H and O–H groups in total. The second-order valence-electron chi connectivity index (χ2n) is 7.05. The van der Waals surface area contributed by atoms with Crippen LogP contribution in [0.15, 0.2) is 73.3 Å². The van der Waals surface area contributed by atoms with Crippen molar-refractivity contribution in [2.45, 2.75) is 0 Å². The van der Waals surface area contributed by atoms with Gasteiger partial charge in [0.1, 0.15) is 22.7 Å². The normalized spacial score (nSPS) is 11.4. The third-order valence-electron chi connectivity index (χ3n) is 5.18. The topological polar surface area (TPSA) is 96.0 Å². The van der Waals surface area contributed by atoms with Gasteiger partial charge in [-0.1, -0.05) is 12.1 Å². The summed E-state index contributed by atoms with van der Waals surface area (Å²) in [7, 11) is 0. The maximum absolute atomic E-state index is 14.4. The number of aromatic nitrogens is 7. The number of hydrogen-bond donors (Lipinski definition) is 2. The second kappa shape index (κ2) is 6.81. The number of rotatable bonds is 3. The van der Waals surface area contributed by atoms with Crippen LogP contribution in [-0.2, 0) is 0 Å². The van der Waals surface area contributed by atoms with Crippen LogP contribution in [0.5, 0.6) is 0 Å². The molecule has 0 saturated carbocycles. The van der Waals surface area contributed by atoms with Crippen LogP contribution >= 0.6 is 0 Å². The fourth-order valence-corrected chi connectivity index (χ4v) is 3.68. The van der Waals surface area contributed by atoms with Gasteiger partial charge in [-0.3, -0.25) is 15.1 Å². The molecule has 0 radical (unpaired) electrons. The van der Waals surface area contributed by atoms with Gasteiger partial charge in [-0.05, 0) is 42.0 Å². The van der Waals surface area contributed by atoms with Crippen LogP contribution in [0.4, 0.5) is 4.39 Å². The summed E-state index contributed by atoms with van der Waals surface area (Å²) in [6, 6.07) is 14.2. The van der Waals surface area contributed by atoms with Gasteiger partial charge >= 0.3 is 0 Å². The van der Waals surface area contributed by atoms with Gasteiger partial charge in [-0.2, -0.15) is 5.10 Å². The molecule has 0 aliphatic heterocycles. The number of fused-ring (bicyclic) bond motifs is 2. The monoisotopic (exact) mass is 407 g/mol. The molecule has 0 aliphatic carbocycles. The molecule has 0 amide bonds. The first-order chi connectivity index (χ1) is 15.3. The summed E-state index contributed by atoms with van der Waals surface area (Å²) in [5, 5.41) is 8.21. The fraction of sp³-hybridized carbons (Fsp3) is 0. The largest absolute Gasteiger partial charge is 0.336 e. The van der Waals surface area contributed by atoms with Crippen molar-refractivity contribution < 1.29 is 4.39 Å². The van der Waals surface area contributed by atoms with Crippen molar-refractivity contribution in [3.63, 3.8) is 0 Å². The molecular formula is C23H14FN7. The highest BCUT2D eigenvalue weighted by molar-refractivity contribution is 5.96. The minimum Gasteiger partial charge on any atom is -0.336 e. The molecule has 31 heavy (non-hydrogen) atoms. The molecule has 0 atom stereocenters. The Bertz CT molecular complexity index is 1550. The Morgan fingerprint density at radius 3 is 2.58 bits per heavy atom. The average molecular weight is 407 g/mol. The lowest BCUT2D eigenvalue weighted by molar-refractivity contribution is 0.631. The van der Waals surface area contributed by atoms with E-state index >= 15 is 0 Å². The maximum Gasteiger partial charge on any atom is 0.159 e. The number of benzene rings is 1. The van der Waals surface area contributed by atoms with Crippen LogP contribution in [-0.4, -0.2) is 35.1 Å². The van der Waals surface area contributed by atoms with Gasteiger partial charge in [-0.15, -0.1) is 0 Å². The molecule has 5 aromatic heterocycles. The highest BCUT2D eigenvalue weighted by atomic mass is 19.1. The number of pyridine rings is 3. The minimum atomic E-state index is -0.344. The number of H-pyrrole nitrogens is 2. The molecule has 7 nitrogen and oxygen atoms in total. The highest BCUT2D eigenvalue weighted by Gasteiger charge is 2.18. The number of aromatic amines is 2. The fourth-order valence-electron chi connectivity index (χ4n) is 3.68. The summed E-state index contributed by atoms with van der Waals surface area (Å²) >= 11 is 0. The number of hydrogen-bond acceptors (Lipinski definition) is 5. The number of nitrogens with zero attached hydrogens (tertiary/aromatic N) is 5. The van der Waals surface area contributed by atoms with Crippen molar-refractivity contribution in [1.82, 2.24) is 35.1 Å². The molecule has 0 unspecified atom stereocenters. The first kappa shape index (κ1) is 17.4. The number of imidazole rings is 1. The van der Waals surface area contributed by atoms with Crippen molar-refractivity contribution in [3.05, 3.63) is 79.1 Å². The van der Waals surface area contributed by atoms with Gasteiger partial charge in [0.15, 0.2) is 11.5 Å². The summed E-state index contributed by atoms with van der Waals surface area (Å²) in [5.74, 6) is 0.212. The van der Waals surface area contributed by atoms with E-state index in [9.17, 15) is 4.39 Å². The van der Waals surface area contributed by atoms with E-state index in [4.69, 9.17) is 4.98 Å². The Balaban J connectivity index is 1.53. The van der Waals surface area contributed by atoms with Crippen molar-refractivity contribution in [3.8, 4) is 33.9 Å². The van der Waals surface area contributed by atoms with Crippen LogP contribution in [0.25, 0.3) is 56.0 Å². The Morgan fingerprint density at radius 2 is 1.71 bits per heavy atom. The Kier molecular flexibility index (Phi) is 3.82. The standard InChI is InChI=1S/C23H14FN7/c24-17-4-2-1-3-15(17)19-21-18(7-10-26-19)28-23(29-21)20-16-11-14(12-27-22(16)31-30-20)13-5-8-25-9-6-13/h1-12H,(H,28,29)(H,27,30,31). The van der Waals surface area contributed by atoms with Crippen molar-refractivity contribution in [1.29, 1.82) is 0 Å². The molecule has 0 bridgehead atoms. The van der Waals surface area contributed by atoms with Crippen LogP contribution < -0.4 is 0 Å². The van der Waals surface area contributed by atoms with E-state index in [0.29, 0.717) is 33.9 Å². The minimum absolute atomic E-state index is 0.344. The van der Waals surface area contributed by atoms with Gasteiger partial charge < -0.3 is 4.98 Å². The lowest BCUT2D eigenvalue weighted by atomic mass is 10.1. The lowest BCUT2D eigenvalue weighted by Gasteiger charge is -2.02. The summed E-state index contributed by atoms with van der Waals surface area (Å²) < 4.78 is 14.4. The second-order valence-corrected chi connectivity index (χ2v) is 7.05. The molecule has 0 fully saturated rings. The first-order valence-electron chi connectivity index (χ1n) is 9.62. The van der Waals surface area contributed by atoms with Crippen molar-refractivity contribution in [2.24, 2.45) is 0 Å². The first-order valence-corrected chi connectivity index (χ1v) is 9.62. The molecule has 6 aromatic rings. The van der Waals surface area contributed by atoms with Gasteiger partial charge in [0.2, 0.25) is 0 Å². The van der Waals surface area contributed by atoms with Gasteiger partial charge in [-0.25, -0.2) is 14.4 Å². The van der Waals surface area contributed by atoms with Crippen LogP contribution in [0.1, 0.15) is 0 Å². The van der Waals surface area contributed by atoms with E-state index in [1.165, 1.54) is 6.07 Å². The Labute approximate surface area is 175 Å². The van der Waals surface area contributed by atoms with E-state index in [-0.39, 0.29) is 5.82 Å².